The first-order valence-corrected chi connectivity index (χ1v) is 16.6. The minimum Gasteiger partial charge on any atom is -0.490 e. The second-order valence-corrected chi connectivity index (χ2v) is 12.5. The lowest BCUT2D eigenvalue weighted by molar-refractivity contribution is 0.0273. The molecule has 246 valence electrons. The lowest BCUT2D eigenvalue weighted by Gasteiger charge is -2.30. The van der Waals surface area contributed by atoms with E-state index in [0.717, 1.165) is 0 Å². The van der Waals surface area contributed by atoms with Crippen molar-refractivity contribution >= 4 is 49.2 Å². The van der Waals surface area contributed by atoms with E-state index >= 15 is 4.39 Å². The molecule has 0 spiro atoms. The Hall–Kier alpha value is -4.91. The topological polar surface area (TPSA) is 115 Å². The number of halogens is 3. The maximum atomic E-state index is 15.7. The van der Waals surface area contributed by atoms with Crippen molar-refractivity contribution in [3.8, 4) is 5.75 Å². The van der Waals surface area contributed by atoms with Crippen LogP contribution in [0.4, 0.5) is 20.3 Å². The van der Waals surface area contributed by atoms with E-state index < -0.39 is 21.7 Å². The van der Waals surface area contributed by atoms with Crippen molar-refractivity contribution in [3.05, 3.63) is 131 Å². The van der Waals surface area contributed by atoms with Gasteiger partial charge in [0.25, 0.3) is 0 Å². The van der Waals surface area contributed by atoms with Gasteiger partial charge >= 0.3 is 0 Å². The lowest BCUT2D eigenvalue weighted by atomic mass is 9.85. The summed E-state index contributed by atoms with van der Waals surface area (Å²) in [4.78, 5) is 13.0. The normalized spacial score (nSPS) is 15.3. The van der Waals surface area contributed by atoms with Gasteiger partial charge in [-0.1, -0.05) is 29.8 Å². The van der Waals surface area contributed by atoms with Gasteiger partial charge in [-0.3, -0.25) is 4.98 Å². The number of anilines is 2. The van der Waals surface area contributed by atoms with E-state index in [2.05, 4.69) is 25.6 Å². The lowest BCUT2D eigenvalue weighted by Crippen LogP contribution is -2.30. The second-order valence-electron chi connectivity index (χ2n) is 11.1. The van der Waals surface area contributed by atoms with Gasteiger partial charge in [0.15, 0.2) is 0 Å². The van der Waals surface area contributed by atoms with Gasteiger partial charge in [0.2, 0.25) is 10.3 Å². The summed E-state index contributed by atoms with van der Waals surface area (Å²) in [6.45, 7) is 0.724. The fourth-order valence-electron chi connectivity index (χ4n) is 5.54. The molecule has 0 amide bonds. The zero-order valence-electron chi connectivity index (χ0n) is 25.5. The van der Waals surface area contributed by atoms with Gasteiger partial charge in [0, 0.05) is 41.9 Å². The Labute approximate surface area is 282 Å². The van der Waals surface area contributed by atoms with Crippen LogP contribution in [-0.4, -0.2) is 41.3 Å². The number of nitrogens with one attached hydrogen (secondary N) is 2. The number of aromatic nitrogens is 3. The van der Waals surface area contributed by atoms with Gasteiger partial charge in [-0.2, -0.15) is 8.42 Å². The predicted octanol–water partition coefficient (Wildman–Crippen LogP) is 6.88. The van der Waals surface area contributed by atoms with E-state index in [-0.39, 0.29) is 23.8 Å². The summed E-state index contributed by atoms with van der Waals surface area (Å²) in [5.41, 5.74) is 1.47. The van der Waals surface area contributed by atoms with Gasteiger partial charge in [-0.15, -0.1) is 0 Å². The number of pyridine rings is 1. The Kier molecular flexibility index (Phi) is 10.2. The van der Waals surface area contributed by atoms with Crippen molar-refractivity contribution in [3.63, 3.8) is 0 Å². The predicted molar refractivity (Wildman–Crippen MR) is 181 cm³/mol. The van der Waals surface area contributed by atoms with E-state index in [1.807, 2.05) is 6.08 Å². The average molecular weight is 690 g/mol. The van der Waals surface area contributed by atoms with Crippen LogP contribution in [0.25, 0.3) is 10.9 Å². The first kappa shape index (κ1) is 33.0. The van der Waals surface area contributed by atoms with Crippen molar-refractivity contribution in [2.24, 2.45) is 0 Å². The molecule has 0 aliphatic carbocycles. The van der Waals surface area contributed by atoms with Crippen LogP contribution in [0.15, 0.2) is 97.7 Å². The molecule has 3 heterocycles. The minimum atomic E-state index is -2.43. The van der Waals surface area contributed by atoms with E-state index in [4.69, 9.17) is 21.1 Å². The third kappa shape index (κ3) is 7.62. The Morgan fingerprint density at radius 2 is 1.92 bits per heavy atom. The molecular weight excluding hydrogens is 660 g/mol. The quantitative estimate of drug-likeness (QED) is 0.0776. The standard InChI is InChI=1S/C35H30ClF2N5O4S/c36-28-17-25(9-10-32(28)46-21-23-6-3-7-24(37)16-23)43-34-26-18-27(29(38)19-31(26)41-22-42-34)35(12-5-15-47-35)11-4-13-39-20-33(48(44)45)30-8-1-2-14-40-30/h1-3,5-10,14-19,22,39H,4,11-13,20-21H2,(H,41,42,43). The highest BCUT2D eigenvalue weighted by Gasteiger charge is 2.38. The van der Waals surface area contributed by atoms with Gasteiger partial charge < -0.3 is 20.1 Å². The zero-order valence-corrected chi connectivity index (χ0v) is 27.1. The number of hydrogen-bond acceptors (Lipinski definition) is 9. The highest BCUT2D eigenvalue weighted by molar-refractivity contribution is 7.73. The van der Waals surface area contributed by atoms with Crippen LogP contribution in [0.5, 0.6) is 5.75 Å². The largest absolute Gasteiger partial charge is 0.490 e. The molecule has 3 aromatic carbocycles. The highest BCUT2D eigenvalue weighted by Crippen LogP contribution is 2.42. The third-order valence-electron chi connectivity index (χ3n) is 7.90. The van der Waals surface area contributed by atoms with Gasteiger partial charge in [0.1, 0.15) is 46.6 Å². The van der Waals surface area contributed by atoms with Crippen molar-refractivity contribution in [1.29, 1.82) is 0 Å². The van der Waals surface area contributed by atoms with Crippen molar-refractivity contribution < 1.29 is 26.7 Å². The Morgan fingerprint density at radius 3 is 2.67 bits per heavy atom. The maximum Gasteiger partial charge on any atom is 0.220 e. The molecule has 1 aliphatic rings. The van der Waals surface area contributed by atoms with Crippen LogP contribution >= 0.6 is 11.6 Å². The van der Waals surface area contributed by atoms with Crippen molar-refractivity contribution in [1.82, 2.24) is 20.3 Å². The molecular formula is C35H30ClF2N5O4S. The Morgan fingerprint density at radius 1 is 1.02 bits per heavy atom. The summed E-state index contributed by atoms with van der Waals surface area (Å²) in [5.74, 6) is 0.0653. The molecule has 0 saturated carbocycles. The molecule has 0 radical (unpaired) electrons. The van der Waals surface area contributed by atoms with Crippen LogP contribution in [0.3, 0.4) is 0 Å². The molecule has 1 unspecified atom stereocenters. The first-order valence-electron chi connectivity index (χ1n) is 15.1. The van der Waals surface area contributed by atoms with E-state index in [1.165, 1.54) is 24.5 Å². The first-order chi connectivity index (χ1) is 23.3. The number of ether oxygens (including phenoxy) is 2. The van der Waals surface area contributed by atoms with Crippen LogP contribution < -0.4 is 15.4 Å². The summed E-state index contributed by atoms with van der Waals surface area (Å²) in [6.07, 6.45) is 7.80. The monoisotopic (exact) mass is 689 g/mol. The van der Waals surface area contributed by atoms with Crippen LogP contribution in [0.1, 0.15) is 36.1 Å². The van der Waals surface area contributed by atoms with Crippen LogP contribution in [0.2, 0.25) is 5.02 Å². The summed E-state index contributed by atoms with van der Waals surface area (Å²) < 4.78 is 64.7. The van der Waals surface area contributed by atoms with Gasteiger partial charge in [-0.05, 0) is 79.6 Å². The molecule has 0 saturated heterocycles. The van der Waals surface area contributed by atoms with E-state index in [9.17, 15) is 12.8 Å². The molecule has 2 aromatic heterocycles. The average Bonchev–Trinajstić information content (AvgIpc) is 3.56. The van der Waals surface area contributed by atoms with E-state index in [0.29, 0.717) is 75.8 Å². The van der Waals surface area contributed by atoms with Crippen molar-refractivity contribution in [2.45, 2.75) is 31.5 Å². The molecule has 1 atom stereocenters. The van der Waals surface area contributed by atoms with Gasteiger partial charge in [-0.25, -0.2) is 18.7 Å². The number of benzene rings is 3. The summed E-state index contributed by atoms with van der Waals surface area (Å²) in [5, 5.41) is 7.33. The molecule has 2 N–H and O–H groups in total. The number of rotatable bonds is 13. The Bertz CT molecular complexity index is 2100. The van der Waals surface area contributed by atoms with Crippen molar-refractivity contribution in [2.75, 3.05) is 18.4 Å². The molecule has 1 aliphatic heterocycles. The number of fused-ring (bicyclic) bond motifs is 1. The zero-order chi connectivity index (χ0) is 33.5. The van der Waals surface area contributed by atoms with Crippen LogP contribution in [-0.2, 0) is 27.2 Å². The minimum absolute atomic E-state index is 0.111. The molecule has 9 nitrogen and oxygen atoms in total. The summed E-state index contributed by atoms with van der Waals surface area (Å²) >= 11 is 6.51. The summed E-state index contributed by atoms with van der Waals surface area (Å²) in [6, 6.07) is 19.5. The SMILES string of the molecule is O=S(=O)=C(CNCCCC1(c2cc3c(Nc4ccc(OCc5cccc(F)c5)c(Cl)c4)ncnc3cc2F)CC=CO1)c1ccccn1. The smallest absolute Gasteiger partial charge is 0.220 e. The van der Waals surface area contributed by atoms with E-state index in [1.54, 1.807) is 67.1 Å². The molecule has 5 aromatic rings. The molecule has 48 heavy (non-hydrogen) atoms. The molecule has 13 heteroatoms. The van der Waals surface area contributed by atoms with Crippen LogP contribution in [0, 0.1) is 11.6 Å². The summed E-state index contributed by atoms with van der Waals surface area (Å²) in [7, 11) is -2.43. The molecule has 0 fully saturated rings. The number of nitrogens with zero attached hydrogens (tertiary/aromatic N) is 3. The second kappa shape index (κ2) is 14.9. The maximum absolute atomic E-state index is 15.7. The highest BCUT2D eigenvalue weighted by atomic mass is 35.5. The fraction of sp³-hybridized carbons (Fsp3) is 0.200. The molecule has 0 bridgehead atoms. The number of hydrogen-bond donors (Lipinski definition) is 2. The Balaban J connectivity index is 1.16. The third-order valence-corrected chi connectivity index (χ3v) is 8.95. The molecule has 6 rings (SSSR count). The van der Waals surface area contributed by atoms with Gasteiger partial charge in [0.05, 0.1) is 22.5 Å². The fourth-order valence-corrected chi connectivity index (χ4v) is 6.29.